The first-order chi connectivity index (χ1) is 11.3. The molecule has 0 saturated heterocycles. The van der Waals surface area contributed by atoms with Crippen LogP contribution < -0.4 is 5.32 Å². The Bertz CT molecular complexity index is 906. The van der Waals surface area contributed by atoms with Crippen LogP contribution in [0.15, 0.2) is 29.4 Å². The lowest BCUT2D eigenvalue weighted by Crippen LogP contribution is -2.09. The number of aromatic nitrogens is 4. The van der Waals surface area contributed by atoms with Gasteiger partial charge >= 0.3 is 6.18 Å². The van der Waals surface area contributed by atoms with E-state index in [1.807, 2.05) is 0 Å². The molecular formula is C14H11F4N5S. The van der Waals surface area contributed by atoms with Crippen LogP contribution >= 0.6 is 11.8 Å². The number of halogens is 4. The number of fused-ring (bicyclic) bond motifs is 1. The average molecular weight is 357 g/mol. The molecule has 5 nitrogen and oxygen atoms in total. The molecule has 2 heterocycles. The molecule has 1 N–H and O–H groups in total. The number of thioether (sulfide) groups is 1. The van der Waals surface area contributed by atoms with E-state index in [9.17, 15) is 17.6 Å². The number of benzene rings is 1. The number of nitrogens with one attached hydrogen (secondary N) is 1. The topological polar surface area (TPSA) is 55.1 Å². The van der Waals surface area contributed by atoms with Gasteiger partial charge in [-0.25, -0.2) is 9.37 Å². The molecule has 0 atom stereocenters. The lowest BCUT2D eigenvalue weighted by molar-refractivity contribution is -0.139. The lowest BCUT2D eigenvalue weighted by Gasteiger charge is -2.11. The molecule has 0 unspecified atom stereocenters. The third kappa shape index (κ3) is 3.14. The van der Waals surface area contributed by atoms with Crippen LogP contribution in [0.2, 0.25) is 0 Å². The zero-order valence-electron chi connectivity index (χ0n) is 12.5. The van der Waals surface area contributed by atoms with Crippen LogP contribution in [-0.2, 0) is 6.18 Å². The van der Waals surface area contributed by atoms with Crippen molar-refractivity contribution in [1.82, 2.24) is 19.6 Å². The molecule has 2 aromatic heterocycles. The Hall–Kier alpha value is -2.36. The Morgan fingerprint density at radius 2 is 1.92 bits per heavy atom. The van der Waals surface area contributed by atoms with Crippen molar-refractivity contribution in [2.75, 3.05) is 11.6 Å². The molecule has 3 aromatic rings. The van der Waals surface area contributed by atoms with Gasteiger partial charge in [-0.1, -0.05) is 11.8 Å². The minimum Gasteiger partial charge on any atom is -0.340 e. The van der Waals surface area contributed by atoms with E-state index >= 15 is 0 Å². The summed E-state index contributed by atoms with van der Waals surface area (Å²) in [5.41, 5.74) is -0.513. The fourth-order valence-corrected chi connectivity index (χ4v) is 2.45. The van der Waals surface area contributed by atoms with Crippen molar-refractivity contribution in [3.05, 3.63) is 41.3 Å². The van der Waals surface area contributed by atoms with Gasteiger partial charge in [0.15, 0.2) is 0 Å². The maximum absolute atomic E-state index is 13.7. The van der Waals surface area contributed by atoms with Crippen LogP contribution in [0.5, 0.6) is 0 Å². The van der Waals surface area contributed by atoms with Crippen LogP contribution in [0.25, 0.3) is 5.78 Å². The van der Waals surface area contributed by atoms with E-state index in [4.69, 9.17) is 0 Å². The average Bonchev–Trinajstić information content (AvgIpc) is 2.89. The molecule has 0 aliphatic heterocycles. The summed E-state index contributed by atoms with van der Waals surface area (Å²) in [6.07, 6.45) is -2.93. The largest absolute Gasteiger partial charge is 0.419 e. The molecule has 0 fully saturated rings. The van der Waals surface area contributed by atoms with Crippen molar-refractivity contribution in [2.24, 2.45) is 0 Å². The van der Waals surface area contributed by atoms with Crippen molar-refractivity contribution < 1.29 is 17.6 Å². The van der Waals surface area contributed by atoms with Gasteiger partial charge in [0, 0.05) is 17.4 Å². The van der Waals surface area contributed by atoms with E-state index in [0.29, 0.717) is 28.5 Å². The summed E-state index contributed by atoms with van der Waals surface area (Å²) >= 11 is 1.33. The van der Waals surface area contributed by atoms with Gasteiger partial charge < -0.3 is 5.32 Å². The molecule has 0 bridgehead atoms. The van der Waals surface area contributed by atoms with Crippen LogP contribution in [-0.4, -0.2) is 25.8 Å². The van der Waals surface area contributed by atoms with Crippen LogP contribution in [0, 0.1) is 12.7 Å². The number of rotatable bonds is 3. The molecule has 0 aliphatic rings. The molecule has 0 radical (unpaired) electrons. The van der Waals surface area contributed by atoms with E-state index in [1.54, 1.807) is 19.2 Å². The Kier molecular flexibility index (Phi) is 4.08. The number of nitrogens with zero attached hydrogens (tertiary/aromatic N) is 4. The first-order valence-electron chi connectivity index (χ1n) is 6.70. The van der Waals surface area contributed by atoms with E-state index in [2.05, 4.69) is 20.4 Å². The maximum atomic E-state index is 13.7. The van der Waals surface area contributed by atoms with Gasteiger partial charge in [-0.3, -0.25) is 0 Å². The molecule has 3 rings (SSSR count). The third-order valence-corrected chi connectivity index (χ3v) is 3.69. The van der Waals surface area contributed by atoms with Crippen LogP contribution in [0.1, 0.15) is 11.3 Å². The molecule has 0 amide bonds. The second-order valence-electron chi connectivity index (χ2n) is 4.91. The summed E-state index contributed by atoms with van der Waals surface area (Å²) < 4.78 is 53.0. The van der Waals surface area contributed by atoms with Gasteiger partial charge in [0.05, 0.1) is 5.56 Å². The lowest BCUT2D eigenvalue weighted by atomic mass is 10.2. The molecule has 24 heavy (non-hydrogen) atoms. The van der Waals surface area contributed by atoms with Gasteiger partial charge in [-0.2, -0.15) is 22.7 Å². The summed E-state index contributed by atoms with van der Waals surface area (Å²) in [6, 6.07) is 4.27. The highest BCUT2D eigenvalue weighted by atomic mass is 32.2. The number of alkyl halides is 3. The molecule has 1 aromatic carbocycles. The number of aryl methyl sites for hydroxylation is 1. The summed E-state index contributed by atoms with van der Waals surface area (Å²) in [5, 5.41) is 7.56. The second-order valence-corrected chi connectivity index (χ2v) is 5.68. The predicted molar refractivity (Wildman–Crippen MR) is 82.0 cm³/mol. The third-order valence-electron chi connectivity index (χ3n) is 3.15. The fraction of sp³-hybridized carbons (Fsp3) is 0.214. The monoisotopic (exact) mass is 357 g/mol. The molecule has 0 saturated carbocycles. The Balaban J connectivity index is 2.01. The Morgan fingerprint density at radius 3 is 2.54 bits per heavy atom. The summed E-state index contributed by atoms with van der Waals surface area (Å²) in [4.78, 5) is 8.42. The van der Waals surface area contributed by atoms with Gasteiger partial charge in [-0.15, -0.1) is 5.10 Å². The van der Waals surface area contributed by atoms with Gasteiger partial charge in [-0.05, 0) is 31.4 Å². The van der Waals surface area contributed by atoms with Gasteiger partial charge in [0.1, 0.15) is 11.6 Å². The fourth-order valence-electron chi connectivity index (χ4n) is 2.11. The number of hydrogen-bond acceptors (Lipinski definition) is 5. The standard InChI is InChI=1S/C14H11F4N5S/c1-7-5-11(23-12(19-7)21-13(22-23)24-2)20-8-3-4-9(10(15)6-8)14(16,17)18/h3-6,20H,1-2H3. The van der Waals surface area contributed by atoms with Crippen LogP contribution in [0.4, 0.5) is 29.1 Å². The van der Waals surface area contributed by atoms with Crippen molar-refractivity contribution in [2.45, 2.75) is 18.3 Å². The van der Waals surface area contributed by atoms with Crippen molar-refractivity contribution in [1.29, 1.82) is 0 Å². The van der Waals surface area contributed by atoms with E-state index < -0.39 is 17.6 Å². The molecule has 10 heteroatoms. The van der Waals surface area contributed by atoms with E-state index in [0.717, 1.165) is 12.1 Å². The summed E-state index contributed by atoms with van der Waals surface area (Å²) in [5.74, 6) is -0.586. The van der Waals surface area contributed by atoms with Crippen molar-refractivity contribution in [3.8, 4) is 0 Å². The van der Waals surface area contributed by atoms with Crippen molar-refractivity contribution in [3.63, 3.8) is 0 Å². The number of anilines is 2. The molecule has 0 spiro atoms. The molecule has 0 aliphatic carbocycles. The zero-order chi connectivity index (χ0) is 17.5. The summed E-state index contributed by atoms with van der Waals surface area (Å²) in [6.45, 7) is 1.74. The quantitative estimate of drug-likeness (QED) is 0.566. The first kappa shape index (κ1) is 16.5. The summed E-state index contributed by atoms with van der Waals surface area (Å²) in [7, 11) is 0. The van der Waals surface area contributed by atoms with E-state index in [1.165, 1.54) is 16.3 Å². The maximum Gasteiger partial charge on any atom is 0.419 e. The van der Waals surface area contributed by atoms with Crippen molar-refractivity contribution >= 4 is 29.0 Å². The predicted octanol–water partition coefficient (Wildman–Crippen LogP) is 4.06. The highest BCUT2D eigenvalue weighted by molar-refractivity contribution is 7.98. The highest BCUT2D eigenvalue weighted by Gasteiger charge is 2.33. The Labute approximate surface area is 138 Å². The van der Waals surface area contributed by atoms with E-state index in [-0.39, 0.29) is 5.69 Å². The first-order valence-corrected chi connectivity index (χ1v) is 7.92. The SMILES string of the molecule is CSc1nc2nc(C)cc(Nc3ccc(C(F)(F)F)c(F)c3)n2n1. The minimum absolute atomic E-state index is 0.161. The molecule has 126 valence electrons. The normalized spacial score (nSPS) is 11.9. The van der Waals surface area contributed by atoms with Gasteiger partial charge in [0.2, 0.25) is 5.16 Å². The number of hydrogen-bond donors (Lipinski definition) is 1. The second kappa shape index (κ2) is 5.93. The highest BCUT2D eigenvalue weighted by Crippen LogP contribution is 2.33. The smallest absolute Gasteiger partial charge is 0.340 e. The Morgan fingerprint density at radius 1 is 1.17 bits per heavy atom. The minimum atomic E-state index is -4.73. The zero-order valence-corrected chi connectivity index (χ0v) is 13.3. The molecular weight excluding hydrogens is 346 g/mol. The van der Waals surface area contributed by atoms with Gasteiger partial charge in [0.25, 0.3) is 5.78 Å². The van der Waals surface area contributed by atoms with Crippen LogP contribution in [0.3, 0.4) is 0 Å².